The number of nitriles is 1. The molecule has 1 atom stereocenters. The summed E-state index contributed by atoms with van der Waals surface area (Å²) in [6.07, 6.45) is 3.04. The number of hydrogen-bond acceptors (Lipinski definition) is 2. The number of benzene rings is 1. The van der Waals surface area contributed by atoms with Crippen molar-refractivity contribution in [1.82, 2.24) is 4.90 Å². The average molecular weight is 242 g/mol. The Kier molecular flexibility index (Phi) is 3.99. The van der Waals surface area contributed by atoms with E-state index in [4.69, 9.17) is 5.26 Å². The van der Waals surface area contributed by atoms with Gasteiger partial charge in [-0.15, -0.1) is 0 Å². The Morgan fingerprint density at radius 1 is 1.56 bits per heavy atom. The molecule has 1 saturated heterocycles. The van der Waals surface area contributed by atoms with Crippen molar-refractivity contribution in [3.63, 3.8) is 0 Å². The lowest BCUT2D eigenvalue weighted by molar-refractivity contribution is -0.131. The minimum atomic E-state index is -0.199. The summed E-state index contributed by atoms with van der Waals surface area (Å²) < 4.78 is 0. The highest BCUT2D eigenvalue weighted by molar-refractivity contribution is 5.77. The predicted molar refractivity (Wildman–Crippen MR) is 69.8 cm³/mol. The third-order valence-corrected chi connectivity index (χ3v) is 3.43. The van der Waals surface area contributed by atoms with Crippen LogP contribution in [0.3, 0.4) is 0 Å². The second kappa shape index (κ2) is 5.68. The number of likely N-dealkylation sites (tertiary alicyclic amines) is 1. The Morgan fingerprint density at radius 2 is 2.39 bits per heavy atom. The van der Waals surface area contributed by atoms with Gasteiger partial charge >= 0.3 is 0 Å². The van der Waals surface area contributed by atoms with E-state index in [0.717, 1.165) is 25.8 Å². The lowest BCUT2D eigenvalue weighted by Crippen LogP contribution is -2.34. The number of hydrogen-bond donors (Lipinski definition) is 0. The summed E-state index contributed by atoms with van der Waals surface area (Å²) in [6.45, 7) is 2.79. The zero-order chi connectivity index (χ0) is 13.0. The van der Waals surface area contributed by atoms with Crippen molar-refractivity contribution >= 4 is 5.91 Å². The van der Waals surface area contributed by atoms with Gasteiger partial charge in [-0.1, -0.05) is 29.8 Å². The van der Waals surface area contributed by atoms with E-state index in [9.17, 15) is 4.79 Å². The van der Waals surface area contributed by atoms with E-state index in [1.165, 1.54) is 11.1 Å². The summed E-state index contributed by atoms with van der Waals surface area (Å²) in [4.78, 5) is 13.8. The molecule has 0 saturated carbocycles. The van der Waals surface area contributed by atoms with Crippen LogP contribution in [0.4, 0.5) is 0 Å². The Bertz CT molecular complexity index is 476. The summed E-state index contributed by atoms with van der Waals surface area (Å²) in [5, 5.41) is 8.96. The SMILES string of the molecule is Cc1cccc(CCC(=O)N2CCCC2C#N)c1. The molecular formula is C15H18N2O. The zero-order valence-corrected chi connectivity index (χ0v) is 10.7. The zero-order valence-electron chi connectivity index (χ0n) is 10.7. The topological polar surface area (TPSA) is 44.1 Å². The molecule has 0 bridgehead atoms. The van der Waals surface area contributed by atoms with Gasteiger partial charge in [0.2, 0.25) is 5.91 Å². The molecule has 0 aromatic heterocycles. The molecule has 2 rings (SSSR count). The Balaban J connectivity index is 1.91. The third kappa shape index (κ3) is 2.89. The summed E-state index contributed by atoms with van der Waals surface area (Å²) in [7, 11) is 0. The van der Waals surface area contributed by atoms with E-state index < -0.39 is 0 Å². The molecule has 1 heterocycles. The van der Waals surface area contributed by atoms with Crippen molar-refractivity contribution in [3.8, 4) is 6.07 Å². The van der Waals surface area contributed by atoms with Crippen LogP contribution in [0.2, 0.25) is 0 Å². The van der Waals surface area contributed by atoms with Crippen LogP contribution in [0.15, 0.2) is 24.3 Å². The summed E-state index contributed by atoms with van der Waals surface area (Å²) in [5.74, 6) is 0.112. The van der Waals surface area contributed by atoms with Crippen LogP contribution in [0.25, 0.3) is 0 Å². The van der Waals surface area contributed by atoms with Gasteiger partial charge in [0.15, 0.2) is 0 Å². The molecule has 3 nitrogen and oxygen atoms in total. The van der Waals surface area contributed by atoms with Gasteiger partial charge in [0, 0.05) is 13.0 Å². The maximum Gasteiger partial charge on any atom is 0.223 e. The number of nitrogens with zero attached hydrogens (tertiary/aromatic N) is 2. The van der Waals surface area contributed by atoms with E-state index in [-0.39, 0.29) is 11.9 Å². The monoisotopic (exact) mass is 242 g/mol. The lowest BCUT2D eigenvalue weighted by Gasteiger charge is -2.19. The molecule has 0 spiro atoms. The van der Waals surface area contributed by atoms with Gasteiger partial charge in [0.25, 0.3) is 0 Å². The van der Waals surface area contributed by atoms with Gasteiger partial charge in [-0.05, 0) is 31.7 Å². The van der Waals surface area contributed by atoms with Crippen LogP contribution < -0.4 is 0 Å². The Hall–Kier alpha value is -1.82. The van der Waals surface area contributed by atoms with Crippen LogP contribution in [-0.4, -0.2) is 23.4 Å². The number of carbonyl (C=O) groups excluding carboxylic acids is 1. The minimum Gasteiger partial charge on any atom is -0.327 e. The molecule has 94 valence electrons. The van der Waals surface area contributed by atoms with Gasteiger partial charge in [-0.25, -0.2) is 0 Å². The van der Waals surface area contributed by atoms with Crippen LogP contribution in [0.1, 0.15) is 30.4 Å². The second-order valence-corrected chi connectivity index (χ2v) is 4.86. The number of aryl methyl sites for hydroxylation is 2. The fourth-order valence-electron chi connectivity index (χ4n) is 2.46. The summed E-state index contributed by atoms with van der Waals surface area (Å²) >= 11 is 0. The fraction of sp³-hybridized carbons (Fsp3) is 0.467. The van der Waals surface area contributed by atoms with Crippen molar-refractivity contribution in [2.24, 2.45) is 0 Å². The number of rotatable bonds is 3. The van der Waals surface area contributed by atoms with E-state index in [2.05, 4.69) is 25.1 Å². The molecule has 1 aromatic rings. The third-order valence-electron chi connectivity index (χ3n) is 3.43. The molecule has 18 heavy (non-hydrogen) atoms. The molecule has 1 unspecified atom stereocenters. The van der Waals surface area contributed by atoms with Crippen molar-refractivity contribution in [3.05, 3.63) is 35.4 Å². The van der Waals surface area contributed by atoms with Gasteiger partial charge in [0.05, 0.1) is 6.07 Å². The predicted octanol–water partition coefficient (Wildman–Crippen LogP) is 2.44. The molecule has 1 aliphatic rings. The summed E-state index contributed by atoms with van der Waals surface area (Å²) in [6, 6.07) is 10.2. The van der Waals surface area contributed by atoms with E-state index >= 15 is 0 Å². The minimum absolute atomic E-state index is 0.112. The van der Waals surface area contributed by atoms with E-state index in [0.29, 0.717) is 6.42 Å². The van der Waals surface area contributed by atoms with Gasteiger partial charge in [-0.2, -0.15) is 5.26 Å². The fourth-order valence-corrected chi connectivity index (χ4v) is 2.46. The van der Waals surface area contributed by atoms with Gasteiger partial charge in [-0.3, -0.25) is 4.79 Å². The molecule has 1 aliphatic heterocycles. The smallest absolute Gasteiger partial charge is 0.223 e. The highest BCUT2D eigenvalue weighted by Crippen LogP contribution is 2.18. The summed E-state index contributed by atoms with van der Waals surface area (Å²) in [5.41, 5.74) is 2.41. The van der Waals surface area contributed by atoms with Gasteiger partial charge in [0.1, 0.15) is 6.04 Å². The highest BCUT2D eigenvalue weighted by Gasteiger charge is 2.27. The van der Waals surface area contributed by atoms with Crippen molar-refractivity contribution in [1.29, 1.82) is 5.26 Å². The van der Waals surface area contributed by atoms with Crippen LogP contribution >= 0.6 is 0 Å². The van der Waals surface area contributed by atoms with Crippen molar-refractivity contribution in [2.75, 3.05) is 6.54 Å². The first-order chi connectivity index (χ1) is 8.70. The number of amides is 1. The molecule has 0 N–H and O–H groups in total. The maximum atomic E-state index is 12.0. The largest absolute Gasteiger partial charge is 0.327 e. The standard InChI is InChI=1S/C15H18N2O/c1-12-4-2-5-13(10-12)7-8-15(18)17-9-3-6-14(17)11-16/h2,4-5,10,14H,3,6-9H2,1H3. The normalized spacial score (nSPS) is 18.7. The van der Waals surface area contributed by atoms with E-state index in [1.54, 1.807) is 4.90 Å². The molecular weight excluding hydrogens is 224 g/mol. The van der Waals surface area contributed by atoms with Crippen LogP contribution in [-0.2, 0) is 11.2 Å². The highest BCUT2D eigenvalue weighted by atomic mass is 16.2. The molecule has 1 fully saturated rings. The van der Waals surface area contributed by atoms with Gasteiger partial charge < -0.3 is 4.90 Å². The van der Waals surface area contributed by atoms with Crippen LogP contribution in [0.5, 0.6) is 0 Å². The molecule has 1 aromatic carbocycles. The van der Waals surface area contributed by atoms with Crippen molar-refractivity contribution in [2.45, 2.75) is 38.6 Å². The first-order valence-corrected chi connectivity index (χ1v) is 6.45. The maximum absolute atomic E-state index is 12.0. The molecule has 3 heteroatoms. The quantitative estimate of drug-likeness (QED) is 0.817. The van der Waals surface area contributed by atoms with Crippen LogP contribution in [0, 0.1) is 18.3 Å². The molecule has 0 aliphatic carbocycles. The molecule has 1 amide bonds. The first kappa shape index (κ1) is 12.6. The first-order valence-electron chi connectivity index (χ1n) is 6.45. The Labute approximate surface area is 108 Å². The Morgan fingerprint density at radius 3 is 3.11 bits per heavy atom. The van der Waals surface area contributed by atoms with Crippen molar-refractivity contribution < 1.29 is 4.79 Å². The second-order valence-electron chi connectivity index (χ2n) is 4.86. The number of carbonyl (C=O) groups is 1. The average Bonchev–Trinajstić information content (AvgIpc) is 2.84. The lowest BCUT2D eigenvalue weighted by atomic mass is 10.1. The molecule has 0 radical (unpaired) electrons. The van der Waals surface area contributed by atoms with E-state index in [1.807, 2.05) is 12.1 Å².